The summed E-state index contributed by atoms with van der Waals surface area (Å²) in [6.45, 7) is 2.90. The molecule has 2 aromatic heterocycles. The van der Waals surface area contributed by atoms with Gasteiger partial charge in [-0.15, -0.1) is 0 Å². The molecule has 152 valence electrons. The van der Waals surface area contributed by atoms with E-state index < -0.39 is 0 Å². The topological polar surface area (TPSA) is 115 Å². The number of amides is 1. The molecule has 0 aliphatic carbocycles. The Morgan fingerprint density at radius 1 is 0.935 bits per heavy atom. The van der Waals surface area contributed by atoms with Crippen molar-refractivity contribution in [2.45, 2.75) is 6.92 Å². The molecule has 4 heterocycles. The fourth-order valence-electron chi connectivity index (χ4n) is 4.40. The first-order valence-electron chi connectivity index (χ1n) is 9.92. The average Bonchev–Trinajstić information content (AvgIpc) is 3.39. The van der Waals surface area contributed by atoms with Crippen LogP contribution in [0, 0.1) is 6.92 Å². The van der Waals surface area contributed by atoms with Gasteiger partial charge in [0.2, 0.25) is 6.41 Å². The van der Waals surface area contributed by atoms with E-state index in [0.717, 1.165) is 61.7 Å². The average molecular weight is 412 g/mol. The lowest BCUT2D eigenvalue weighted by Gasteiger charge is -2.12. The zero-order valence-electron chi connectivity index (χ0n) is 16.4. The molecule has 0 bridgehead atoms. The van der Waals surface area contributed by atoms with Gasteiger partial charge in [0.15, 0.2) is 22.3 Å². The Morgan fingerprint density at radius 3 is 2.61 bits per heavy atom. The number of aryl methyl sites for hydroxylation is 1. The number of rotatable bonds is 1. The number of benzene rings is 3. The molecule has 0 atom stereocenters. The number of fused-ring (bicyclic) bond motifs is 6. The van der Waals surface area contributed by atoms with Crippen LogP contribution in [0.15, 0.2) is 49.2 Å². The van der Waals surface area contributed by atoms with E-state index in [0.29, 0.717) is 30.1 Å². The molecule has 0 saturated heterocycles. The molecule has 7 rings (SSSR count). The van der Waals surface area contributed by atoms with Crippen molar-refractivity contribution in [3.63, 3.8) is 0 Å². The fourth-order valence-corrected chi connectivity index (χ4v) is 4.40. The second-order valence-electron chi connectivity index (χ2n) is 7.78. The monoisotopic (exact) mass is 412 g/mol. The smallest absolute Gasteiger partial charge is 0.215 e. The molecule has 9 nitrogen and oxygen atoms in total. The highest BCUT2D eigenvalue weighted by Gasteiger charge is 2.20. The molecule has 5 aromatic rings. The Bertz CT molecular complexity index is 1770. The van der Waals surface area contributed by atoms with Crippen LogP contribution in [0.2, 0.25) is 0 Å². The predicted molar refractivity (Wildman–Crippen MR) is 116 cm³/mol. The maximum absolute atomic E-state index is 11.3. The normalized spacial score (nSPS) is 14.5. The number of nitrogens with one attached hydrogen (secondary N) is 3. The summed E-state index contributed by atoms with van der Waals surface area (Å²) >= 11 is 0. The second kappa shape index (κ2) is 5.66. The van der Waals surface area contributed by atoms with E-state index in [9.17, 15) is 4.79 Å². The number of nitrogens with zero attached hydrogens (tertiary/aromatic N) is 3. The first-order valence-corrected chi connectivity index (χ1v) is 9.92. The van der Waals surface area contributed by atoms with Gasteiger partial charge in [0.05, 0.1) is 50.8 Å². The Morgan fingerprint density at radius 2 is 1.74 bits per heavy atom. The molecule has 31 heavy (non-hydrogen) atoms. The molecule has 1 amide bonds. The Labute approximate surface area is 173 Å². The molecule has 0 fully saturated rings. The van der Waals surface area contributed by atoms with Gasteiger partial charge < -0.3 is 24.1 Å². The summed E-state index contributed by atoms with van der Waals surface area (Å²) in [6, 6.07) is 9.63. The minimum atomic E-state index is 0.445. The zero-order valence-corrected chi connectivity index (χ0v) is 16.4. The van der Waals surface area contributed by atoms with E-state index in [-0.39, 0.29) is 0 Å². The maximum atomic E-state index is 11.3. The predicted octanol–water partition coefficient (Wildman–Crippen LogP) is 3.13. The summed E-state index contributed by atoms with van der Waals surface area (Å²) in [6.07, 6.45) is 0.816. The van der Waals surface area contributed by atoms with Gasteiger partial charge in [-0.25, -0.2) is 0 Å². The zero-order chi connectivity index (χ0) is 20.7. The molecule has 0 radical (unpaired) electrons. The third-order valence-electron chi connectivity index (χ3n) is 5.98. The fraction of sp³-hybridized carbons (Fsp3) is 0.136. The third-order valence-corrected chi connectivity index (χ3v) is 5.98. The van der Waals surface area contributed by atoms with Crippen LogP contribution in [-0.4, -0.2) is 29.7 Å². The van der Waals surface area contributed by atoms with Crippen LogP contribution < -0.4 is 20.9 Å². The quantitative estimate of drug-likeness (QED) is 0.290. The van der Waals surface area contributed by atoms with Gasteiger partial charge in [-0.05, 0) is 19.1 Å². The van der Waals surface area contributed by atoms with E-state index in [4.69, 9.17) is 8.83 Å². The van der Waals surface area contributed by atoms with Crippen LogP contribution in [0.25, 0.3) is 44.4 Å². The van der Waals surface area contributed by atoms with Crippen LogP contribution in [-0.2, 0) is 4.79 Å². The number of carbonyl (C=O) groups is 1. The van der Waals surface area contributed by atoms with E-state index in [1.165, 1.54) is 0 Å². The summed E-state index contributed by atoms with van der Waals surface area (Å²) < 4.78 is 12.5. The Hall–Kier alpha value is -4.27. The van der Waals surface area contributed by atoms with Gasteiger partial charge in [-0.1, -0.05) is 0 Å². The van der Waals surface area contributed by atoms with Crippen molar-refractivity contribution in [1.82, 2.24) is 9.97 Å². The minimum Gasteiger partial charge on any atom is -0.453 e. The summed E-state index contributed by atoms with van der Waals surface area (Å²) in [5.74, 6) is 0. The van der Waals surface area contributed by atoms with Gasteiger partial charge >= 0.3 is 0 Å². The van der Waals surface area contributed by atoms with Crippen molar-refractivity contribution >= 4 is 62.2 Å². The SMILES string of the molecule is Cc1c2[nH]c3cc4c(cc3oc2cc2[nH]c3cc5c(cc3oc12)NCN5C=O)=NCN=4. The van der Waals surface area contributed by atoms with Crippen molar-refractivity contribution in [1.29, 1.82) is 0 Å². The highest BCUT2D eigenvalue weighted by molar-refractivity contribution is 6.00. The van der Waals surface area contributed by atoms with Crippen LogP contribution in [0.4, 0.5) is 11.4 Å². The molecule has 2 aliphatic heterocycles. The molecule has 3 aromatic carbocycles. The lowest BCUT2D eigenvalue weighted by atomic mass is 10.1. The molecule has 9 heteroatoms. The van der Waals surface area contributed by atoms with E-state index in [2.05, 4.69) is 25.3 Å². The summed E-state index contributed by atoms with van der Waals surface area (Å²) in [5, 5.41) is 4.92. The first kappa shape index (κ1) is 16.5. The van der Waals surface area contributed by atoms with Gasteiger partial charge in [0.1, 0.15) is 6.67 Å². The van der Waals surface area contributed by atoms with Crippen molar-refractivity contribution < 1.29 is 13.6 Å². The Kier molecular flexibility index (Phi) is 3.02. The van der Waals surface area contributed by atoms with Gasteiger partial charge in [0, 0.05) is 23.8 Å². The summed E-state index contributed by atoms with van der Waals surface area (Å²) in [5.41, 5.74) is 8.78. The molecular weight excluding hydrogens is 396 g/mol. The number of anilines is 2. The summed E-state index contributed by atoms with van der Waals surface area (Å²) in [7, 11) is 0. The number of hydrogen-bond acceptors (Lipinski definition) is 6. The van der Waals surface area contributed by atoms with E-state index in [1.54, 1.807) is 4.90 Å². The number of aromatic amines is 2. The van der Waals surface area contributed by atoms with Crippen molar-refractivity contribution in [2.24, 2.45) is 9.98 Å². The number of aromatic nitrogens is 2. The highest BCUT2D eigenvalue weighted by Crippen LogP contribution is 2.36. The van der Waals surface area contributed by atoms with Crippen LogP contribution in [0.1, 0.15) is 5.56 Å². The molecule has 0 spiro atoms. The van der Waals surface area contributed by atoms with Gasteiger partial charge in [0.25, 0.3) is 0 Å². The standard InChI is InChI=1S/C22H16N6O3/c1-10-21-20(30-18-4-12-11(23-7-24-12)2-14(18)27-21)6-16-22(10)31-19-5-13-17(3-15(19)26-16)28(9-29)8-25-13/h2-6,9,25-27H,7-8H2,1H3. The highest BCUT2D eigenvalue weighted by atomic mass is 16.3. The maximum Gasteiger partial charge on any atom is 0.215 e. The number of carbonyl (C=O) groups excluding carboxylic acids is 1. The Balaban J connectivity index is 1.55. The van der Waals surface area contributed by atoms with Gasteiger partial charge in [-0.3, -0.25) is 19.7 Å². The first-order chi connectivity index (χ1) is 15.2. The van der Waals surface area contributed by atoms with Crippen LogP contribution in [0.5, 0.6) is 0 Å². The van der Waals surface area contributed by atoms with Gasteiger partial charge in [-0.2, -0.15) is 0 Å². The lowest BCUT2D eigenvalue weighted by molar-refractivity contribution is -0.107. The van der Waals surface area contributed by atoms with E-state index in [1.807, 2.05) is 37.3 Å². The third kappa shape index (κ3) is 2.22. The van der Waals surface area contributed by atoms with Crippen molar-refractivity contribution in [3.05, 3.63) is 46.6 Å². The molecule has 3 N–H and O–H groups in total. The molecule has 2 aliphatic rings. The number of H-pyrrole nitrogens is 2. The lowest BCUT2D eigenvalue weighted by Crippen LogP contribution is -2.21. The van der Waals surface area contributed by atoms with Crippen molar-refractivity contribution in [2.75, 3.05) is 23.6 Å². The number of hydrogen-bond donors (Lipinski definition) is 3. The molecular formula is C22H16N6O3. The van der Waals surface area contributed by atoms with Crippen LogP contribution >= 0.6 is 0 Å². The minimum absolute atomic E-state index is 0.445. The van der Waals surface area contributed by atoms with Crippen LogP contribution in [0.3, 0.4) is 0 Å². The van der Waals surface area contributed by atoms with E-state index >= 15 is 0 Å². The molecule has 0 unspecified atom stereocenters. The van der Waals surface area contributed by atoms with Crippen molar-refractivity contribution in [3.8, 4) is 0 Å². The largest absolute Gasteiger partial charge is 0.453 e. The molecule has 0 saturated carbocycles. The summed E-state index contributed by atoms with van der Waals surface area (Å²) in [4.78, 5) is 28.6. The second-order valence-corrected chi connectivity index (χ2v) is 7.78.